The van der Waals surface area contributed by atoms with Gasteiger partial charge >= 0.3 is 0 Å². The second kappa shape index (κ2) is 6.15. The summed E-state index contributed by atoms with van der Waals surface area (Å²) in [7, 11) is 0. The van der Waals surface area contributed by atoms with Crippen molar-refractivity contribution in [3.05, 3.63) is 29.8 Å². The smallest absolute Gasteiger partial charge is 0.119 e. The third-order valence-corrected chi connectivity index (χ3v) is 4.84. The number of nitrogens with one attached hydrogen (secondary N) is 1. The molecule has 20 heavy (non-hydrogen) atoms. The van der Waals surface area contributed by atoms with Crippen molar-refractivity contribution in [2.75, 3.05) is 26.2 Å². The maximum Gasteiger partial charge on any atom is 0.119 e. The molecule has 3 unspecified atom stereocenters. The Morgan fingerprint density at radius 1 is 1.30 bits per heavy atom. The van der Waals surface area contributed by atoms with Crippen LogP contribution in [-0.2, 0) is 6.54 Å². The lowest BCUT2D eigenvalue weighted by atomic mass is 9.93. The van der Waals surface area contributed by atoms with E-state index in [2.05, 4.69) is 35.3 Å². The van der Waals surface area contributed by atoms with E-state index in [0.29, 0.717) is 0 Å². The highest BCUT2D eigenvalue weighted by Crippen LogP contribution is 2.35. The average molecular weight is 274 g/mol. The standard InChI is InChI=1S/C17H26N2O/c1-3-17-16-10-18-9-14(16)12-19(17)11-13-6-5-7-15(8-13)20-4-2/h5-8,14,16-18H,3-4,9-12H2,1-2H3. The number of likely N-dealkylation sites (tertiary alicyclic amines) is 1. The monoisotopic (exact) mass is 274 g/mol. The molecule has 0 aromatic heterocycles. The van der Waals surface area contributed by atoms with E-state index in [9.17, 15) is 0 Å². The molecule has 3 rings (SSSR count). The maximum atomic E-state index is 5.61. The summed E-state index contributed by atoms with van der Waals surface area (Å²) in [5, 5.41) is 3.55. The zero-order valence-corrected chi connectivity index (χ0v) is 12.6. The Morgan fingerprint density at radius 2 is 2.20 bits per heavy atom. The van der Waals surface area contributed by atoms with Gasteiger partial charge in [0.05, 0.1) is 6.61 Å². The fourth-order valence-corrected chi connectivity index (χ4v) is 3.99. The van der Waals surface area contributed by atoms with E-state index in [4.69, 9.17) is 4.74 Å². The van der Waals surface area contributed by atoms with Gasteiger partial charge in [-0.1, -0.05) is 19.1 Å². The SMILES string of the molecule is CCOc1cccc(CN2CC3CNCC3C2CC)c1. The van der Waals surface area contributed by atoms with Gasteiger partial charge in [-0.2, -0.15) is 0 Å². The van der Waals surface area contributed by atoms with Crippen LogP contribution in [0.3, 0.4) is 0 Å². The lowest BCUT2D eigenvalue weighted by molar-refractivity contribution is 0.210. The molecule has 0 amide bonds. The largest absolute Gasteiger partial charge is 0.494 e. The van der Waals surface area contributed by atoms with Gasteiger partial charge in [0.2, 0.25) is 0 Å². The van der Waals surface area contributed by atoms with Gasteiger partial charge in [-0.05, 0) is 56.0 Å². The van der Waals surface area contributed by atoms with E-state index >= 15 is 0 Å². The van der Waals surface area contributed by atoms with E-state index in [1.54, 1.807) is 0 Å². The number of hydrogen-bond donors (Lipinski definition) is 1. The highest BCUT2D eigenvalue weighted by Gasteiger charge is 2.42. The number of fused-ring (bicyclic) bond motifs is 1. The summed E-state index contributed by atoms with van der Waals surface area (Å²) in [5.41, 5.74) is 1.38. The third-order valence-electron chi connectivity index (χ3n) is 4.84. The minimum absolute atomic E-state index is 0.737. The van der Waals surface area contributed by atoms with Crippen molar-refractivity contribution >= 4 is 0 Å². The normalized spacial score (nSPS) is 29.6. The molecule has 3 atom stereocenters. The molecule has 110 valence electrons. The molecule has 0 spiro atoms. The second-order valence-electron chi connectivity index (χ2n) is 6.07. The molecule has 2 saturated heterocycles. The van der Waals surface area contributed by atoms with Crippen molar-refractivity contribution in [2.24, 2.45) is 11.8 Å². The van der Waals surface area contributed by atoms with Crippen LogP contribution in [0.15, 0.2) is 24.3 Å². The molecule has 2 aliphatic rings. The summed E-state index contributed by atoms with van der Waals surface area (Å²) in [4.78, 5) is 2.68. The molecule has 0 aliphatic carbocycles. The zero-order valence-electron chi connectivity index (χ0n) is 12.6. The van der Waals surface area contributed by atoms with Gasteiger partial charge in [-0.25, -0.2) is 0 Å². The molecule has 2 heterocycles. The third kappa shape index (κ3) is 2.70. The fourth-order valence-electron chi connectivity index (χ4n) is 3.99. The Labute approximate surface area is 122 Å². The average Bonchev–Trinajstić information content (AvgIpc) is 3.00. The maximum absolute atomic E-state index is 5.61. The molecule has 1 aromatic carbocycles. The first kappa shape index (κ1) is 13.9. The Balaban J connectivity index is 1.69. The van der Waals surface area contributed by atoms with E-state index in [-0.39, 0.29) is 0 Å². The van der Waals surface area contributed by atoms with Gasteiger partial charge in [0.25, 0.3) is 0 Å². The Morgan fingerprint density at radius 3 is 3.00 bits per heavy atom. The van der Waals surface area contributed by atoms with Crippen LogP contribution in [0.2, 0.25) is 0 Å². The van der Waals surface area contributed by atoms with Crippen molar-refractivity contribution in [1.29, 1.82) is 0 Å². The molecule has 1 aromatic rings. The van der Waals surface area contributed by atoms with Gasteiger partial charge < -0.3 is 10.1 Å². The van der Waals surface area contributed by atoms with Gasteiger partial charge in [0, 0.05) is 19.1 Å². The Kier molecular flexibility index (Phi) is 4.27. The first-order valence-corrected chi connectivity index (χ1v) is 7.98. The second-order valence-corrected chi connectivity index (χ2v) is 6.07. The molecule has 2 fully saturated rings. The summed E-state index contributed by atoms with van der Waals surface area (Å²) in [6.07, 6.45) is 1.26. The predicted octanol–water partition coefficient (Wildman–Crippen LogP) is 2.52. The number of benzene rings is 1. The van der Waals surface area contributed by atoms with Crippen LogP contribution in [0.1, 0.15) is 25.8 Å². The van der Waals surface area contributed by atoms with Gasteiger partial charge in [-0.15, -0.1) is 0 Å². The van der Waals surface area contributed by atoms with Crippen molar-refractivity contribution in [3.63, 3.8) is 0 Å². The van der Waals surface area contributed by atoms with E-state index in [1.807, 2.05) is 13.0 Å². The topological polar surface area (TPSA) is 24.5 Å². The zero-order chi connectivity index (χ0) is 13.9. The minimum Gasteiger partial charge on any atom is -0.494 e. The Bertz CT molecular complexity index is 448. The first-order chi connectivity index (χ1) is 9.81. The highest BCUT2D eigenvalue weighted by molar-refractivity contribution is 5.28. The van der Waals surface area contributed by atoms with Gasteiger partial charge in [-0.3, -0.25) is 4.90 Å². The number of nitrogens with zero attached hydrogens (tertiary/aromatic N) is 1. The lowest BCUT2D eigenvalue weighted by Gasteiger charge is -2.27. The number of ether oxygens (including phenoxy) is 1. The summed E-state index contributed by atoms with van der Waals surface area (Å²) in [6, 6.07) is 9.32. The van der Waals surface area contributed by atoms with Crippen LogP contribution in [0.4, 0.5) is 0 Å². The van der Waals surface area contributed by atoms with E-state index in [1.165, 1.54) is 31.6 Å². The highest BCUT2D eigenvalue weighted by atomic mass is 16.5. The first-order valence-electron chi connectivity index (χ1n) is 7.98. The van der Waals surface area contributed by atoms with Crippen LogP contribution in [0.25, 0.3) is 0 Å². The van der Waals surface area contributed by atoms with Crippen molar-refractivity contribution in [2.45, 2.75) is 32.9 Å². The van der Waals surface area contributed by atoms with Crippen LogP contribution in [0.5, 0.6) is 5.75 Å². The van der Waals surface area contributed by atoms with E-state index < -0.39 is 0 Å². The summed E-state index contributed by atoms with van der Waals surface area (Å²) in [5.74, 6) is 2.71. The molecule has 0 bridgehead atoms. The number of hydrogen-bond acceptors (Lipinski definition) is 3. The molecule has 1 N–H and O–H groups in total. The summed E-state index contributed by atoms with van der Waals surface area (Å²) in [6.45, 7) is 9.82. The summed E-state index contributed by atoms with van der Waals surface area (Å²) < 4.78 is 5.61. The van der Waals surface area contributed by atoms with E-state index in [0.717, 1.165) is 36.8 Å². The predicted molar refractivity (Wildman–Crippen MR) is 81.9 cm³/mol. The molecule has 2 aliphatic heterocycles. The quantitative estimate of drug-likeness (QED) is 0.893. The fraction of sp³-hybridized carbons (Fsp3) is 0.647. The van der Waals surface area contributed by atoms with Gasteiger partial charge in [0.15, 0.2) is 0 Å². The molecule has 3 heteroatoms. The van der Waals surface area contributed by atoms with Crippen LogP contribution < -0.4 is 10.1 Å². The Hall–Kier alpha value is -1.06. The van der Waals surface area contributed by atoms with Crippen LogP contribution in [-0.4, -0.2) is 37.2 Å². The van der Waals surface area contributed by atoms with Crippen LogP contribution in [0, 0.1) is 11.8 Å². The van der Waals surface area contributed by atoms with Crippen molar-refractivity contribution < 1.29 is 4.74 Å². The molecule has 0 saturated carbocycles. The van der Waals surface area contributed by atoms with Crippen molar-refractivity contribution in [3.8, 4) is 5.75 Å². The summed E-state index contributed by atoms with van der Waals surface area (Å²) >= 11 is 0. The number of rotatable bonds is 5. The minimum atomic E-state index is 0.737. The van der Waals surface area contributed by atoms with Gasteiger partial charge in [0.1, 0.15) is 5.75 Å². The molecular weight excluding hydrogens is 248 g/mol. The van der Waals surface area contributed by atoms with Crippen LogP contribution >= 0.6 is 0 Å². The lowest BCUT2D eigenvalue weighted by Crippen LogP contribution is -2.34. The van der Waals surface area contributed by atoms with Crippen molar-refractivity contribution in [1.82, 2.24) is 10.2 Å². The molecule has 0 radical (unpaired) electrons. The molecular formula is C17H26N2O. The molecule has 3 nitrogen and oxygen atoms in total.